The molecule has 3 aliphatic heterocycles. The number of piperidine rings is 1. The van der Waals surface area contributed by atoms with E-state index in [1.165, 1.54) is 16.7 Å². The van der Waals surface area contributed by atoms with Crippen molar-refractivity contribution in [1.82, 2.24) is 4.90 Å². The Morgan fingerprint density at radius 3 is 2.53 bits per heavy atom. The summed E-state index contributed by atoms with van der Waals surface area (Å²) < 4.78 is 11.8. The molecule has 1 amide bonds. The number of likely N-dealkylation sites (tertiary alicyclic amines) is 1. The second-order valence-corrected chi connectivity index (χ2v) is 9.71. The zero-order valence-corrected chi connectivity index (χ0v) is 18.1. The summed E-state index contributed by atoms with van der Waals surface area (Å²) in [5, 5.41) is 0. The molecule has 0 saturated carbocycles. The van der Waals surface area contributed by atoms with Gasteiger partial charge in [-0.25, -0.2) is 4.79 Å². The van der Waals surface area contributed by atoms with Gasteiger partial charge in [-0.15, -0.1) is 0 Å². The van der Waals surface area contributed by atoms with Crippen LogP contribution in [0.25, 0.3) is 0 Å². The van der Waals surface area contributed by atoms with Gasteiger partial charge in [0, 0.05) is 49.1 Å². The summed E-state index contributed by atoms with van der Waals surface area (Å²) in [6.45, 7) is 10.8. The first kappa shape index (κ1) is 19.4. The number of nitrogens with zero attached hydrogens (tertiary/aromatic N) is 2. The van der Waals surface area contributed by atoms with Gasteiger partial charge in [0.1, 0.15) is 11.4 Å². The third-order valence-electron chi connectivity index (χ3n) is 6.85. The van der Waals surface area contributed by atoms with E-state index >= 15 is 0 Å². The fraction of sp³-hybridized carbons (Fsp3) is 0.480. The number of aryl methyl sites for hydroxylation is 1. The molecule has 30 heavy (non-hydrogen) atoms. The van der Waals surface area contributed by atoms with Crippen molar-refractivity contribution in [2.75, 3.05) is 31.1 Å². The van der Waals surface area contributed by atoms with Gasteiger partial charge in [-0.3, -0.25) is 9.80 Å². The molecule has 2 aromatic carbocycles. The highest BCUT2D eigenvalue weighted by molar-refractivity contribution is 5.90. The number of amides is 1. The number of hydrogen-bond donors (Lipinski definition) is 0. The molecule has 2 fully saturated rings. The Kier molecular flexibility index (Phi) is 4.55. The molecule has 158 valence electrons. The molecule has 0 N–H and O–H groups in total. The number of rotatable bonds is 3. The highest BCUT2D eigenvalue weighted by atomic mass is 16.6. The Morgan fingerprint density at radius 2 is 1.80 bits per heavy atom. The Labute approximate surface area is 178 Å². The summed E-state index contributed by atoms with van der Waals surface area (Å²) in [4.78, 5) is 16.8. The number of benzene rings is 2. The van der Waals surface area contributed by atoms with Gasteiger partial charge in [0.2, 0.25) is 0 Å². The summed E-state index contributed by atoms with van der Waals surface area (Å²) in [5.41, 5.74) is 4.53. The lowest BCUT2D eigenvalue weighted by molar-refractivity contribution is -0.000979. The molecular weight excluding hydrogens is 376 g/mol. The van der Waals surface area contributed by atoms with Gasteiger partial charge in [-0.2, -0.15) is 0 Å². The van der Waals surface area contributed by atoms with E-state index < -0.39 is 0 Å². The van der Waals surface area contributed by atoms with Crippen LogP contribution < -0.4 is 9.64 Å². The largest absolute Gasteiger partial charge is 0.492 e. The van der Waals surface area contributed by atoms with Gasteiger partial charge in [-0.1, -0.05) is 44.2 Å². The average Bonchev–Trinajstić information content (AvgIpc) is 3.21. The Bertz CT molecular complexity index is 962. The van der Waals surface area contributed by atoms with Crippen LogP contribution in [0.4, 0.5) is 10.5 Å². The number of carbonyl (C=O) groups is 1. The molecule has 0 bridgehead atoms. The van der Waals surface area contributed by atoms with Crippen LogP contribution in [0.2, 0.25) is 0 Å². The molecular formula is C25H30N2O3. The molecule has 0 unspecified atom stereocenters. The molecule has 0 aromatic heterocycles. The molecule has 3 aliphatic rings. The first-order valence-corrected chi connectivity index (χ1v) is 10.9. The lowest BCUT2D eigenvalue weighted by Crippen LogP contribution is -2.46. The van der Waals surface area contributed by atoms with Crippen LogP contribution >= 0.6 is 0 Å². The highest BCUT2D eigenvalue weighted by Gasteiger charge is 2.47. The number of carbonyl (C=O) groups excluding carboxylic acids is 1. The monoisotopic (exact) mass is 406 g/mol. The summed E-state index contributed by atoms with van der Waals surface area (Å²) in [6.07, 6.45) is 1.53. The molecule has 0 atom stereocenters. The van der Waals surface area contributed by atoms with Crippen molar-refractivity contribution in [3.8, 4) is 5.75 Å². The summed E-state index contributed by atoms with van der Waals surface area (Å²) in [5.74, 6) is 1.07. The maximum atomic E-state index is 12.5. The zero-order chi connectivity index (χ0) is 20.9. The normalized spacial score (nSPS) is 22.1. The van der Waals surface area contributed by atoms with Gasteiger partial charge in [0.25, 0.3) is 0 Å². The third-order valence-corrected chi connectivity index (χ3v) is 6.85. The first-order chi connectivity index (χ1) is 14.4. The number of anilines is 1. The van der Waals surface area contributed by atoms with E-state index in [-0.39, 0.29) is 17.1 Å². The van der Waals surface area contributed by atoms with E-state index in [4.69, 9.17) is 9.47 Å². The number of fused-ring (bicyclic) bond motifs is 1. The summed E-state index contributed by atoms with van der Waals surface area (Å²) in [6, 6.07) is 14.4. The second kappa shape index (κ2) is 7.02. The molecule has 5 nitrogen and oxygen atoms in total. The summed E-state index contributed by atoms with van der Waals surface area (Å²) >= 11 is 0. The zero-order valence-electron chi connectivity index (χ0n) is 18.1. The van der Waals surface area contributed by atoms with Crippen LogP contribution in [0, 0.1) is 6.92 Å². The minimum Gasteiger partial charge on any atom is -0.492 e. The van der Waals surface area contributed by atoms with Crippen molar-refractivity contribution in [2.24, 2.45) is 0 Å². The first-order valence-electron chi connectivity index (χ1n) is 10.9. The molecule has 1 spiro atoms. The molecule has 2 saturated heterocycles. The minimum atomic E-state index is -0.354. The lowest BCUT2D eigenvalue weighted by Gasteiger charge is -2.37. The van der Waals surface area contributed by atoms with Gasteiger partial charge < -0.3 is 9.47 Å². The maximum absolute atomic E-state index is 12.5. The van der Waals surface area contributed by atoms with E-state index in [0.29, 0.717) is 6.54 Å². The number of para-hydroxylation sites is 1. The van der Waals surface area contributed by atoms with E-state index in [1.54, 1.807) is 4.90 Å². The van der Waals surface area contributed by atoms with E-state index in [9.17, 15) is 4.79 Å². The number of ether oxygens (including phenoxy) is 2. The topological polar surface area (TPSA) is 42.0 Å². The van der Waals surface area contributed by atoms with Gasteiger partial charge in [0.15, 0.2) is 0 Å². The van der Waals surface area contributed by atoms with Crippen molar-refractivity contribution in [3.63, 3.8) is 0 Å². The Morgan fingerprint density at radius 1 is 1.07 bits per heavy atom. The van der Waals surface area contributed by atoms with Crippen LogP contribution in [0.3, 0.4) is 0 Å². The molecule has 0 radical (unpaired) electrons. The van der Waals surface area contributed by atoms with Crippen LogP contribution in [0.1, 0.15) is 43.4 Å². The predicted octanol–water partition coefficient (Wildman–Crippen LogP) is 4.66. The SMILES string of the molecule is Cc1cc(CN2CCC3(CC2)CN(c2ccccc2)C(=O)O3)cc2c1OCC2(C)C. The van der Waals surface area contributed by atoms with Gasteiger partial charge >= 0.3 is 6.09 Å². The van der Waals surface area contributed by atoms with E-state index in [1.807, 2.05) is 30.3 Å². The summed E-state index contributed by atoms with van der Waals surface area (Å²) in [7, 11) is 0. The Balaban J connectivity index is 1.25. The molecule has 0 aliphatic carbocycles. The fourth-order valence-corrected chi connectivity index (χ4v) is 5.03. The molecule has 2 aromatic rings. The van der Waals surface area contributed by atoms with Gasteiger partial charge in [-0.05, 0) is 30.2 Å². The van der Waals surface area contributed by atoms with Crippen molar-refractivity contribution in [3.05, 3.63) is 59.2 Å². The van der Waals surface area contributed by atoms with Crippen molar-refractivity contribution >= 4 is 11.8 Å². The van der Waals surface area contributed by atoms with E-state index in [0.717, 1.165) is 50.5 Å². The smallest absolute Gasteiger partial charge is 0.415 e. The van der Waals surface area contributed by atoms with E-state index in [2.05, 4.69) is 37.8 Å². The lowest BCUT2D eigenvalue weighted by atomic mass is 9.85. The number of hydrogen-bond acceptors (Lipinski definition) is 4. The van der Waals surface area contributed by atoms with Crippen molar-refractivity contribution < 1.29 is 14.3 Å². The van der Waals surface area contributed by atoms with Crippen molar-refractivity contribution in [1.29, 1.82) is 0 Å². The molecule has 3 heterocycles. The second-order valence-electron chi connectivity index (χ2n) is 9.71. The molecule has 5 heteroatoms. The average molecular weight is 407 g/mol. The van der Waals surface area contributed by atoms with Crippen LogP contribution in [-0.2, 0) is 16.7 Å². The quantitative estimate of drug-likeness (QED) is 0.744. The van der Waals surface area contributed by atoms with Gasteiger partial charge in [0.05, 0.1) is 13.2 Å². The van der Waals surface area contributed by atoms with Crippen LogP contribution in [0.5, 0.6) is 5.75 Å². The Hall–Kier alpha value is -2.53. The van der Waals surface area contributed by atoms with Crippen molar-refractivity contribution in [2.45, 2.75) is 51.2 Å². The fourth-order valence-electron chi connectivity index (χ4n) is 5.03. The standard InChI is InChI=1S/C25H30N2O3/c1-18-13-19(14-21-22(18)29-17-24(21,2)3)15-26-11-9-25(10-12-26)16-27(23(28)30-25)20-7-5-4-6-8-20/h4-8,13-14H,9-12,15-17H2,1-3H3. The molecule has 5 rings (SSSR count). The van der Waals surface area contributed by atoms with Crippen LogP contribution in [-0.4, -0.2) is 42.8 Å². The highest BCUT2D eigenvalue weighted by Crippen LogP contribution is 2.42. The van der Waals surface area contributed by atoms with Crippen LogP contribution in [0.15, 0.2) is 42.5 Å². The predicted molar refractivity (Wildman–Crippen MR) is 117 cm³/mol. The third kappa shape index (κ3) is 3.35. The minimum absolute atomic E-state index is 0.0704. The maximum Gasteiger partial charge on any atom is 0.415 e.